The number of nitrogens with one attached hydrogen (secondary N) is 1. The molecule has 0 fully saturated rings. The molecule has 3 aromatic carbocycles. The molecule has 0 bridgehead atoms. The van der Waals surface area contributed by atoms with Gasteiger partial charge in [0.1, 0.15) is 12.2 Å². The third-order valence-corrected chi connectivity index (χ3v) is 4.83. The van der Waals surface area contributed by atoms with E-state index in [1.165, 1.54) is 24.4 Å². The van der Waals surface area contributed by atoms with Crippen LogP contribution in [0.4, 0.5) is 5.69 Å². The SMILES string of the molecule is CCOc1cc(/C=N\NC(=O)c2ccccc2[N+](=O)[O-])ccc1OCc1ccc(Br)cc1. The Kier molecular flexibility index (Phi) is 7.93. The normalized spacial score (nSPS) is 10.7. The topological polar surface area (TPSA) is 103 Å². The summed E-state index contributed by atoms with van der Waals surface area (Å²) in [6.45, 7) is 2.70. The molecule has 0 radical (unpaired) electrons. The molecule has 164 valence electrons. The molecule has 32 heavy (non-hydrogen) atoms. The molecular formula is C23H20BrN3O5. The van der Waals surface area contributed by atoms with Gasteiger partial charge < -0.3 is 9.47 Å². The third-order valence-electron chi connectivity index (χ3n) is 4.30. The average Bonchev–Trinajstić information content (AvgIpc) is 2.79. The highest BCUT2D eigenvalue weighted by Gasteiger charge is 2.18. The lowest BCUT2D eigenvalue weighted by atomic mass is 10.2. The number of rotatable bonds is 9. The Morgan fingerprint density at radius 2 is 1.84 bits per heavy atom. The van der Waals surface area contributed by atoms with Crippen molar-refractivity contribution in [1.29, 1.82) is 0 Å². The highest BCUT2D eigenvalue weighted by Crippen LogP contribution is 2.29. The predicted molar refractivity (Wildman–Crippen MR) is 124 cm³/mol. The van der Waals surface area contributed by atoms with Gasteiger partial charge in [0.2, 0.25) is 0 Å². The second-order valence-electron chi connectivity index (χ2n) is 6.53. The van der Waals surface area contributed by atoms with Crippen LogP contribution in [0.25, 0.3) is 0 Å². The minimum atomic E-state index is -0.673. The molecule has 0 saturated heterocycles. The van der Waals surface area contributed by atoms with Gasteiger partial charge in [-0.2, -0.15) is 5.10 Å². The van der Waals surface area contributed by atoms with Crippen LogP contribution in [0.1, 0.15) is 28.4 Å². The summed E-state index contributed by atoms with van der Waals surface area (Å²) in [5.74, 6) is 0.447. The number of amides is 1. The maximum absolute atomic E-state index is 12.2. The monoisotopic (exact) mass is 497 g/mol. The van der Waals surface area contributed by atoms with Gasteiger partial charge in [-0.3, -0.25) is 14.9 Å². The largest absolute Gasteiger partial charge is 0.490 e. The molecule has 1 amide bonds. The zero-order valence-electron chi connectivity index (χ0n) is 17.2. The minimum absolute atomic E-state index is 0.0682. The zero-order chi connectivity index (χ0) is 22.9. The summed E-state index contributed by atoms with van der Waals surface area (Å²) in [6.07, 6.45) is 1.42. The lowest BCUT2D eigenvalue weighted by Gasteiger charge is -2.12. The van der Waals surface area contributed by atoms with Crippen LogP contribution in [0.3, 0.4) is 0 Å². The Balaban J connectivity index is 1.68. The van der Waals surface area contributed by atoms with Crippen LogP contribution in [0.5, 0.6) is 11.5 Å². The average molecular weight is 498 g/mol. The summed E-state index contributed by atoms with van der Waals surface area (Å²) in [6, 6.07) is 18.8. The third kappa shape index (κ3) is 6.14. The zero-order valence-corrected chi connectivity index (χ0v) is 18.7. The van der Waals surface area contributed by atoms with Crippen molar-refractivity contribution in [3.63, 3.8) is 0 Å². The van der Waals surface area contributed by atoms with Crippen LogP contribution < -0.4 is 14.9 Å². The minimum Gasteiger partial charge on any atom is -0.490 e. The molecule has 3 rings (SSSR count). The number of hydrogen-bond acceptors (Lipinski definition) is 6. The maximum atomic E-state index is 12.2. The first-order chi connectivity index (χ1) is 15.5. The Hall–Kier alpha value is -3.72. The summed E-state index contributed by atoms with van der Waals surface area (Å²) in [5, 5.41) is 15.0. The predicted octanol–water partition coefficient (Wildman–Crippen LogP) is 5.10. The molecule has 0 spiro atoms. The van der Waals surface area contributed by atoms with Gasteiger partial charge in [-0.05, 0) is 54.4 Å². The van der Waals surface area contributed by atoms with E-state index in [1.54, 1.807) is 24.3 Å². The van der Waals surface area contributed by atoms with E-state index in [4.69, 9.17) is 9.47 Å². The van der Waals surface area contributed by atoms with Gasteiger partial charge in [0.15, 0.2) is 11.5 Å². The first kappa shape index (κ1) is 23.0. The maximum Gasteiger partial charge on any atom is 0.282 e. The van der Waals surface area contributed by atoms with Gasteiger partial charge in [-0.1, -0.05) is 40.2 Å². The summed E-state index contributed by atoms with van der Waals surface area (Å²) < 4.78 is 12.6. The summed E-state index contributed by atoms with van der Waals surface area (Å²) in [4.78, 5) is 22.7. The standard InChI is InChI=1S/C23H20BrN3O5/c1-2-31-22-13-17(9-12-21(22)32-15-16-7-10-18(24)11-8-16)14-25-26-23(28)19-5-3-4-6-20(19)27(29)30/h3-14H,2,15H2,1H3,(H,26,28)/b25-14-. The molecule has 0 aromatic heterocycles. The highest BCUT2D eigenvalue weighted by atomic mass is 79.9. The Labute approximate surface area is 193 Å². The van der Waals surface area contributed by atoms with Crippen LogP contribution >= 0.6 is 15.9 Å². The molecular weight excluding hydrogens is 478 g/mol. The smallest absolute Gasteiger partial charge is 0.282 e. The lowest BCUT2D eigenvalue weighted by Crippen LogP contribution is -2.18. The number of para-hydroxylation sites is 1. The quantitative estimate of drug-likeness (QED) is 0.251. The Morgan fingerprint density at radius 1 is 1.09 bits per heavy atom. The van der Waals surface area contributed by atoms with Gasteiger partial charge in [-0.25, -0.2) is 5.43 Å². The molecule has 0 aliphatic carbocycles. The molecule has 0 saturated carbocycles. The first-order valence-corrected chi connectivity index (χ1v) is 10.5. The number of halogens is 1. The van der Waals surface area contributed by atoms with Crippen molar-refractivity contribution in [2.45, 2.75) is 13.5 Å². The fraction of sp³-hybridized carbons (Fsp3) is 0.130. The van der Waals surface area contributed by atoms with Crippen LogP contribution in [0.2, 0.25) is 0 Å². The molecule has 9 heteroatoms. The lowest BCUT2D eigenvalue weighted by molar-refractivity contribution is -0.385. The van der Waals surface area contributed by atoms with Gasteiger partial charge in [0.05, 0.1) is 17.7 Å². The number of nitro benzene ring substituents is 1. The number of ether oxygens (including phenoxy) is 2. The number of hydrazone groups is 1. The van der Waals surface area contributed by atoms with Gasteiger partial charge in [-0.15, -0.1) is 0 Å². The van der Waals surface area contributed by atoms with Crippen molar-refractivity contribution in [2.24, 2.45) is 5.10 Å². The summed E-state index contributed by atoms with van der Waals surface area (Å²) in [5.41, 5.74) is 3.63. The molecule has 0 unspecified atom stereocenters. The summed E-state index contributed by atoms with van der Waals surface area (Å²) >= 11 is 3.40. The van der Waals surface area contributed by atoms with E-state index in [0.29, 0.717) is 30.3 Å². The second-order valence-corrected chi connectivity index (χ2v) is 7.44. The van der Waals surface area contributed by atoms with E-state index in [2.05, 4.69) is 26.5 Å². The van der Waals surface area contributed by atoms with Crippen LogP contribution in [-0.4, -0.2) is 23.7 Å². The van der Waals surface area contributed by atoms with Crippen molar-refractivity contribution in [1.82, 2.24) is 5.43 Å². The first-order valence-electron chi connectivity index (χ1n) is 9.69. The van der Waals surface area contributed by atoms with Crippen LogP contribution in [-0.2, 0) is 6.61 Å². The van der Waals surface area contributed by atoms with Gasteiger partial charge in [0.25, 0.3) is 11.6 Å². The fourth-order valence-electron chi connectivity index (χ4n) is 2.78. The van der Waals surface area contributed by atoms with Crippen molar-refractivity contribution in [3.05, 3.63) is 98.0 Å². The van der Waals surface area contributed by atoms with Crippen molar-refractivity contribution >= 4 is 33.7 Å². The fourth-order valence-corrected chi connectivity index (χ4v) is 3.05. The van der Waals surface area contributed by atoms with E-state index in [1.807, 2.05) is 31.2 Å². The van der Waals surface area contributed by atoms with E-state index in [9.17, 15) is 14.9 Å². The van der Waals surface area contributed by atoms with E-state index in [-0.39, 0.29) is 11.3 Å². The van der Waals surface area contributed by atoms with Crippen LogP contribution in [0.15, 0.2) is 76.3 Å². The molecule has 0 aliphatic heterocycles. The van der Waals surface area contributed by atoms with E-state index < -0.39 is 10.8 Å². The van der Waals surface area contributed by atoms with Crippen molar-refractivity contribution in [2.75, 3.05) is 6.61 Å². The highest BCUT2D eigenvalue weighted by molar-refractivity contribution is 9.10. The Bertz CT molecular complexity index is 1130. The van der Waals surface area contributed by atoms with Crippen molar-refractivity contribution in [3.8, 4) is 11.5 Å². The van der Waals surface area contributed by atoms with Crippen molar-refractivity contribution < 1.29 is 19.2 Å². The number of nitrogens with zero attached hydrogens (tertiary/aromatic N) is 2. The molecule has 1 N–H and O–H groups in total. The second kappa shape index (κ2) is 11.1. The number of hydrogen-bond donors (Lipinski definition) is 1. The summed E-state index contributed by atoms with van der Waals surface area (Å²) in [7, 11) is 0. The molecule has 0 atom stereocenters. The van der Waals surface area contributed by atoms with Gasteiger partial charge >= 0.3 is 0 Å². The number of carbonyl (C=O) groups is 1. The number of benzene rings is 3. The van der Waals surface area contributed by atoms with E-state index in [0.717, 1.165) is 10.0 Å². The number of nitro groups is 1. The molecule has 3 aromatic rings. The number of carbonyl (C=O) groups excluding carboxylic acids is 1. The van der Waals surface area contributed by atoms with E-state index >= 15 is 0 Å². The molecule has 0 heterocycles. The van der Waals surface area contributed by atoms with Crippen LogP contribution in [0, 0.1) is 10.1 Å². The Morgan fingerprint density at radius 3 is 2.56 bits per heavy atom. The van der Waals surface area contributed by atoms with Gasteiger partial charge in [0, 0.05) is 10.5 Å². The molecule has 0 aliphatic rings. The molecule has 8 nitrogen and oxygen atoms in total.